The van der Waals surface area contributed by atoms with E-state index in [0.717, 1.165) is 25.7 Å². The quantitative estimate of drug-likeness (QED) is 0.532. The SMILES string of the molecule is [CH2-]CCC.[CH2-]CCC.[CH2-]CCC.[CH2-]CCC.[NH4+].[O]=[Re](=[O])(=[O])[O-]. The molecule has 144 valence electrons. The van der Waals surface area contributed by atoms with Crippen molar-refractivity contribution >= 4 is 0 Å². The zero-order valence-corrected chi connectivity index (χ0v) is 18.2. The van der Waals surface area contributed by atoms with Crippen molar-refractivity contribution in [1.29, 1.82) is 0 Å². The van der Waals surface area contributed by atoms with Crippen LogP contribution in [0.1, 0.15) is 79.1 Å². The summed E-state index contributed by atoms with van der Waals surface area (Å²) in [5, 5.41) is 0. The predicted octanol–water partition coefficient (Wildman–Crippen LogP) is 5.31. The molecule has 0 rings (SSSR count). The van der Waals surface area contributed by atoms with Crippen LogP contribution in [-0.2, 0) is 26.2 Å². The van der Waals surface area contributed by atoms with Crippen molar-refractivity contribution in [2.75, 3.05) is 0 Å². The fourth-order valence-electron chi connectivity index (χ4n) is 0. The first-order valence-electron chi connectivity index (χ1n) is 7.45. The Morgan fingerprint density at radius 1 is 0.636 bits per heavy atom. The average molecular weight is 497 g/mol. The van der Waals surface area contributed by atoms with Crippen LogP contribution >= 0.6 is 0 Å². The summed E-state index contributed by atoms with van der Waals surface area (Å²) in [6, 6.07) is 0. The van der Waals surface area contributed by atoms with Gasteiger partial charge >= 0.3 is 30.0 Å². The molecule has 0 fully saturated rings. The molecule has 6 heteroatoms. The number of quaternary nitrogens is 1. The van der Waals surface area contributed by atoms with Gasteiger partial charge in [-0.2, -0.15) is 25.7 Å². The molecule has 0 aromatic carbocycles. The van der Waals surface area contributed by atoms with Gasteiger partial charge in [-0.25, -0.2) is 0 Å². The molecule has 0 aliphatic carbocycles. The summed E-state index contributed by atoms with van der Waals surface area (Å²) in [4.78, 5) is 0. The van der Waals surface area contributed by atoms with E-state index in [-0.39, 0.29) is 6.15 Å². The van der Waals surface area contributed by atoms with Gasteiger partial charge in [0.1, 0.15) is 0 Å². The number of hydrogen-bond acceptors (Lipinski definition) is 4. The van der Waals surface area contributed by atoms with Gasteiger partial charge in [0.25, 0.3) is 0 Å². The number of unbranched alkanes of at least 4 members (excludes halogenated alkanes) is 4. The molecule has 0 bridgehead atoms. The molecule has 0 aliphatic heterocycles. The van der Waals surface area contributed by atoms with Crippen LogP contribution < -0.4 is 9.98 Å². The van der Waals surface area contributed by atoms with E-state index in [1.54, 1.807) is 0 Å². The molecule has 0 heterocycles. The summed E-state index contributed by atoms with van der Waals surface area (Å²) in [6.45, 7) is 22.9. The Morgan fingerprint density at radius 3 is 0.682 bits per heavy atom. The van der Waals surface area contributed by atoms with Crippen LogP contribution in [0.3, 0.4) is 0 Å². The van der Waals surface area contributed by atoms with E-state index >= 15 is 0 Å². The molecule has 0 radical (unpaired) electrons. The van der Waals surface area contributed by atoms with Crippen LogP contribution in [0.4, 0.5) is 0 Å². The molecule has 0 atom stereocenters. The Bertz CT molecular complexity index is 221. The van der Waals surface area contributed by atoms with Crippen LogP contribution in [0.2, 0.25) is 0 Å². The Hall–Kier alpha value is -0.0177. The molecular weight excluding hydrogens is 456 g/mol. The maximum absolute atomic E-state index is 8.64. The van der Waals surface area contributed by atoms with Gasteiger partial charge in [0.15, 0.2) is 0 Å². The normalized spacial score (nSPS) is 8.05. The van der Waals surface area contributed by atoms with Crippen LogP contribution in [0.5, 0.6) is 0 Å². The van der Waals surface area contributed by atoms with Crippen LogP contribution in [-0.4, -0.2) is 0 Å². The van der Waals surface area contributed by atoms with Gasteiger partial charge in [-0.3, -0.25) is 0 Å². The molecule has 0 saturated heterocycles. The van der Waals surface area contributed by atoms with Gasteiger partial charge < -0.3 is 33.8 Å². The monoisotopic (exact) mass is 497 g/mol. The Balaban J connectivity index is -0.0000000361. The first kappa shape index (κ1) is 37.9. The number of rotatable bonds is 4. The molecule has 0 unspecified atom stereocenters. The second-order valence-electron chi connectivity index (χ2n) is 3.79. The minimum absolute atomic E-state index is 0. The fourth-order valence-corrected chi connectivity index (χ4v) is 0. The van der Waals surface area contributed by atoms with Crippen molar-refractivity contribution in [3.05, 3.63) is 27.7 Å². The first-order valence-corrected chi connectivity index (χ1v) is 11.9. The Morgan fingerprint density at radius 2 is 0.682 bits per heavy atom. The Kier molecular flexibility index (Phi) is 73.8. The van der Waals surface area contributed by atoms with Gasteiger partial charge in [0, 0.05) is 0 Å². The van der Waals surface area contributed by atoms with E-state index < -0.39 is 15.8 Å². The van der Waals surface area contributed by atoms with E-state index in [9.17, 15) is 0 Å². The molecule has 4 N–H and O–H groups in total. The van der Waals surface area contributed by atoms with Crippen molar-refractivity contribution in [2.45, 2.75) is 79.1 Å². The third-order valence-electron chi connectivity index (χ3n) is 1.41. The summed E-state index contributed by atoms with van der Waals surface area (Å²) in [7, 11) is 0. The van der Waals surface area contributed by atoms with E-state index in [0.29, 0.717) is 0 Å². The van der Waals surface area contributed by atoms with Gasteiger partial charge in [0.2, 0.25) is 0 Å². The van der Waals surface area contributed by atoms with E-state index in [2.05, 4.69) is 55.4 Å². The first-order chi connectivity index (χ1) is 9.66. The van der Waals surface area contributed by atoms with Gasteiger partial charge in [-0.15, -0.1) is 0 Å². The summed E-state index contributed by atoms with van der Waals surface area (Å²) in [6.07, 6.45) is 9.11. The molecular formula is C16H40NO4Re-4. The second-order valence-corrected chi connectivity index (χ2v) is 6.51. The fraction of sp³-hybridized carbons (Fsp3) is 0.750. The molecule has 0 aromatic rings. The van der Waals surface area contributed by atoms with Crippen LogP contribution in [0.25, 0.3) is 0 Å². The second kappa shape index (κ2) is 42.9. The summed E-state index contributed by atoms with van der Waals surface area (Å²) in [5.74, 6) is 0. The third kappa shape index (κ3) is 454. The zero-order chi connectivity index (χ0) is 18.2. The van der Waals surface area contributed by atoms with Crippen molar-refractivity contribution < 1.29 is 30.0 Å². The van der Waals surface area contributed by atoms with E-state index in [1.165, 1.54) is 25.7 Å². The zero-order valence-electron chi connectivity index (χ0n) is 15.5. The molecule has 0 aliphatic rings. The molecule has 0 saturated carbocycles. The number of hydrogen-bond donors (Lipinski definition) is 1. The van der Waals surface area contributed by atoms with Crippen molar-refractivity contribution in [3.63, 3.8) is 0 Å². The summed E-state index contributed by atoms with van der Waals surface area (Å²) < 4.78 is 34.6. The standard InChI is InChI=1S/4C4H9.H3N.4O.Re/c4*1-3-4-2;;;;;;/h4*1,3-4H2,2H3;1H3;;;;;/q4*-1;;;;;-1;/p+1. The molecule has 0 aromatic heterocycles. The van der Waals surface area contributed by atoms with Crippen LogP contribution in [0, 0.1) is 27.7 Å². The Labute approximate surface area is 143 Å². The summed E-state index contributed by atoms with van der Waals surface area (Å²) >= 11 is -6.11. The molecule has 0 spiro atoms. The molecule has 5 nitrogen and oxygen atoms in total. The van der Waals surface area contributed by atoms with E-state index in [1.807, 2.05) is 0 Å². The topological polar surface area (TPSA) is 111 Å². The predicted molar refractivity (Wildman–Crippen MR) is 89.1 cm³/mol. The molecule has 22 heavy (non-hydrogen) atoms. The van der Waals surface area contributed by atoms with Gasteiger partial charge in [-0.1, -0.05) is 53.4 Å². The minimum atomic E-state index is -6.11. The van der Waals surface area contributed by atoms with Crippen molar-refractivity contribution in [2.24, 2.45) is 0 Å². The third-order valence-corrected chi connectivity index (χ3v) is 1.41. The maximum atomic E-state index is 8.64. The van der Waals surface area contributed by atoms with Crippen molar-refractivity contribution in [1.82, 2.24) is 6.15 Å². The average Bonchev–Trinajstić information content (AvgIpc) is 2.45. The van der Waals surface area contributed by atoms with Crippen LogP contribution in [0.15, 0.2) is 0 Å². The summed E-state index contributed by atoms with van der Waals surface area (Å²) in [5.41, 5.74) is 0. The van der Waals surface area contributed by atoms with Gasteiger partial charge in [-0.05, 0) is 0 Å². The van der Waals surface area contributed by atoms with Crippen molar-refractivity contribution in [3.8, 4) is 0 Å². The molecule has 0 amide bonds. The van der Waals surface area contributed by atoms with Gasteiger partial charge in [0.05, 0.1) is 0 Å². The van der Waals surface area contributed by atoms with E-state index in [4.69, 9.17) is 14.2 Å².